The lowest BCUT2D eigenvalue weighted by atomic mass is 10.0. The second-order valence-corrected chi connectivity index (χ2v) is 5.16. The summed E-state index contributed by atoms with van der Waals surface area (Å²) in [6.45, 7) is -0.182. The molecule has 1 heterocycles. The zero-order valence-corrected chi connectivity index (χ0v) is 11.7. The minimum absolute atomic E-state index is 0.0314. The second kappa shape index (κ2) is 6.51. The van der Waals surface area contributed by atoms with Crippen molar-refractivity contribution in [1.82, 2.24) is 4.90 Å². The first kappa shape index (κ1) is 15.9. The number of alkyl halides is 3. The number of nitrogens with zero attached hydrogens (tertiary/aromatic N) is 1. The maximum Gasteiger partial charge on any atom is 0.401 e. The van der Waals surface area contributed by atoms with Crippen molar-refractivity contribution in [2.45, 2.75) is 25.1 Å². The average molecular weight is 306 g/mol. The van der Waals surface area contributed by atoms with Gasteiger partial charge in [-0.3, -0.25) is 4.90 Å². The van der Waals surface area contributed by atoms with Crippen molar-refractivity contribution in [3.63, 3.8) is 0 Å². The number of ether oxygens (including phenoxy) is 1. The molecule has 0 saturated carbocycles. The number of halogens is 4. The second-order valence-electron chi connectivity index (χ2n) is 5.16. The summed E-state index contributed by atoms with van der Waals surface area (Å²) in [5, 5.41) is 3.04. The Morgan fingerprint density at radius 2 is 1.95 bits per heavy atom. The summed E-state index contributed by atoms with van der Waals surface area (Å²) in [4.78, 5) is 1.38. The van der Waals surface area contributed by atoms with Crippen LogP contribution in [0.25, 0.3) is 0 Å². The Balaban J connectivity index is 1.89. The van der Waals surface area contributed by atoms with E-state index in [4.69, 9.17) is 4.74 Å². The van der Waals surface area contributed by atoms with Crippen LogP contribution in [-0.4, -0.2) is 43.9 Å². The Labute approximate surface area is 120 Å². The first-order valence-electron chi connectivity index (χ1n) is 6.76. The van der Waals surface area contributed by atoms with Crippen LogP contribution < -0.4 is 10.1 Å². The molecule has 0 amide bonds. The maximum absolute atomic E-state index is 13.7. The van der Waals surface area contributed by atoms with Crippen molar-refractivity contribution >= 4 is 5.69 Å². The molecule has 118 valence electrons. The molecule has 3 nitrogen and oxygen atoms in total. The molecule has 21 heavy (non-hydrogen) atoms. The molecule has 2 rings (SSSR count). The summed E-state index contributed by atoms with van der Waals surface area (Å²) in [7, 11) is 1.49. The summed E-state index contributed by atoms with van der Waals surface area (Å²) in [6.07, 6.45) is -3.07. The molecule has 0 spiro atoms. The van der Waals surface area contributed by atoms with Crippen LogP contribution >= 0.6 is 0 Å². The topological polar surface area (TPSA) is 24.5 Å². The van der Waals surface area contributed by atoms with Gasteiger partial charge in [0.1, 0.15) is 11.6 Å². The minimum Gasteiger partial charge on any atom is -0.497 e. The van der Waals surface area contributed by atoms with E-state index in [2.05, 4.69) is 5.32 Å². The molecule has 0 bridgehead atoms. The van der Waals surface area contributed by atoms with Crippen LogP contribution in [0.5, 0.6) is 5.75 Å². The monoisotopic (exact) mass is 306 g/mol. The van der Waals surface area contributed by atoms with Crippen LogP contribution in [0, 0.1) is 5.82 Å². The lowest BCUT2D eigenvalue weighted by Crippen LogP contribution is -2.43. The highest BCUT2D eigenvalue weighted by molar-refractivity contribution is 5.50. The van der Waals surface area contributed by atoms with Crippen molar-refractivity contribution in [3.8, 4) is 5.75 Å². The normalized spacial score (nSPS) is 17.8. The van der Waals surface area contributed by atoms with E-state index in [0.717, 1.165) is 0 Å². The molecule has 0 radical (unpaired) electrons. The summed E-state index contributed by atoms with van der Waals surface area (Å²) < 4.78 is 55.6. The number of hydrogen-bond donors (Lipinski definition) is 1. The molecule has 0 atom stereocenters. The smallest absolute Gasteiger partial charge is 0.401 e. The van der Waals surface area contributed by atoms with Crippen molar-refractivity contribution in [2.75, 3.05) is 32.1 Å². The van der Waals surface area contributed by atoms with E-state index < -0.39 is 18.5 Å². The molecule has 1 saturated heterocycles. The van der Waals surface area contributed by atoms with E-state index in [1.54, 1.807) is 6.07 Å². The van der Waals surface area contributed by atoms with Gasteiger partial charge in [-0.2, -0.15) is 13.2 Å². The van der Waals surface area contributed by atoms with Crippen molar-refractivity contribution in [1.29, 1.82) is 0 Å². The van der Waals surface area contributed by atoms with Crippen LogP contribution in [0.1, 0.15) is 12.8 Å². The van der Waals surface area contributed by atoms with Crippen LogP contribution in [0.3, 0.4) is 0 Å². The minimum atomic E-state index is -4.17. The largest absolute Gasteiger partial charge is 0.497 e. The molecule has 1 N–H and O–H groups in total. The first-order chi connectivity index (χ1) is 9.87. The first-order valence-corrected chi connectivity index (χ1v) is 6.76. The van der Waals surface area contributed by atoms with Gasteiger partial charge in [-0.05, 0) is 25.0 Å². The predicted octanol–water partition coefficient (Wildman–Crippen LogP) is 3.27. The number of benzene rings is 1. The number of rotatable bonds is 4. The molecule has 0 aliphatic carbocycles. The van der Waals surface area contributed by atoms with Gasteiger partial charge in [0.05, 0.1) is 19.3 Å². The van der Waals surface area contributed by atoms with Crippen LogP contribution in [-0.2, 0) is 0 Å². The molecular weight excluding hydrogens is 288 g/mol. The average Bonchev–Trinajstić information content (AvgIpc) is 2.42. The van der Waals surface area contributed by atoms with Gasteiger partial charge in [-0.15, -0.1) is 0 Å². The Morgan fingerprint density at radius 3 is 2.52 bits per heavy atom. The predicted molar refractivity (Wildman–Crippen MR) is 72.1 cm³/mol. The van der Waals surface area contributed by atoms with Crippen molar-refractivity contribution < 1.29 is 22.3 Å². The SMILES string of the molecule is COc1ccc(F)c(NC2CCN(CC(F)(F)F)CC2)c1. The molecule has 1 aliphatic rings. The number of piperidine rings is 1. The third-order valence-electron chi connectivity index (χ3n) is 3.52. The van der Waals surface area contributed by atoms with Crippen molar-refractivity contribution in [3.05, 3.63) is 24.0 Å². The molecule has 1 aromatic carbocycles. The van der Waals surface area contributed by atoms with Gasteiger partial charge in [-0.25, -0.2) is 4.39 Å². The van der Waals surface area contributed by atoms with Gasteiger partial charge in [0, 0.05) is 25.2 Å². The highest BCUT2D eigenvalue weighted by Crippen LogP contribution is 2.25. The van der Waals surface area contributed by atoms with E-state index in [0.29, 0.717) is 37.4 Å². The number of nitrogens with one attached hydrogen (secondary N) is 1. The standard InChI is InChI=1S/C14H18F4N2O/c1-21-11-2-3-12(15)13(8-11)19-10-4-6-20(7-5-10)9-14(16,17)18/h2-3,8,10,19H,4-7,9H2,1H3. The summed E-state index contributed by atoms with van der Waals surface area (Å²) in [5.41, 5.74) is 0.323. The Kier molecular flexibility index (Phi) is 4.92. The van der Waals surface area contributed by atoms with E-state index in [1.165, 1.54) is 24.1 Å². The maximum atomic E-state index is 13.7. The lowest BCUT2D eigenvalue weighted by Gasteiger charge is -2.33. The van der Waals surface area contributed by atoms with Gasteiger partial charge in [0.25, 0.3) is 0 Å². The Bertz CT molecular complexity index is 471. The van der Waals surface area contributed by atoms with E-state index in [9.17, 15) is 17.6 Å². The Morgan fingerprint density at radius 1 is 1.29 bits per heavy atom. The molecule has 7 heteroatoms. The van der Waals surface area contributed by atoms with Gasteiger partial charge in [-0.1, -0.05) is 0 Å². The molecule has 0 unspecified atom stereocenters. The van der Waals surface area contributed by atoms with Crippen molar-refractivity contribution in [2.24, 2.45) is 0 Å². The summed E-state index contributed by atoms with van der Waals surface area (Å²) in [6, 6.07) is 4.35. The van der Waals surface area contributed by atoms with Gasteiger partial charge < -0.3 is 10.1 Å². The van der Waals surface area contributed by atoms with Gasteiger partial charge in [0.15, 0.2) is 0 Å². The number of methoxy groups -OCH3 is 1. The molecular formula is C14H18F4N2O. The molecule has 1 aromatic rings. The number of anilines is 1. The zero-order chi connectivity index (χ0) is 15.5. The van der Waals surface area contributed by atoms with E-state index in [-0.39, 0.29) is 6.04 Å². The fraction of sp³-hybridized carbons (Fsp3) is 0.571. The number of hydrogen-bond acceptors (Lipinski definition) is 3. The van der Waals surface area contributed by atoms with Crippen LogP contribution in [0.2, 0.25) is 0 Å². The lowest BCUT2D eigenvalue weighted by molar-refractivity contribution is -0.147. The highest BCUT2D eigenvalue weighted by Gasteiger charge is 2.32. The van der Waals surface area contributed by atoms with E-state index >= 15 is 0 Å². The van der Waals surface area contributed by atoms with Crippen LogP contribution in [0.4, 0.5) is 23.2 Å². The Hall–Kier alpha value is -1.50. The highest BCUT2D eigenvalue weighted by atomic mass is 19.4. The van der Waals surface area contributed by atoms with E-state index in [1.807, 2.05) is 0 Å². The zero-order valence-electron chi connectivity index (χ0n) is 11.7. The fourth-order valence-corrected chi connectivity index (χ4v) is 2.45. The third-order valence-corrected chi connectivity index (χ3v) is 3.52. The number of likely N-dealkylation sites (tertiary alicyclic amines) is 1. The quantitative estimate of drug-likeness (QED) is 0.864. The van der Waals surface area contributed by atoms with Crippen LogP contribution in [0.15, 0.2) is 18.2 Å². The molecule has 1 fully saturated rings. The summed E-state index contributed by atoms with van der Waals surface area (Å²) >= 11 is 0. The van der Waals surface area contributed by atoms with Gasteiger partial charge in [0.2, 0.25) is 0 Å². The molecule has 0 aromatic heterocycles. The van der Waals surface area contributed by atoms with Gasteiger partial charge >= 0.3 is 6.18 Å². The third kappa shape index (κ3) is 4.77. The molecule has 1 aliphatic heterocycles. The fourth-order valence-electron chi connectivity index (χ4n) is 2.45. The summed E-state index contributed by atoms with van der Waals surface area (Å²) in [5.74, 6) is 0.141.